The highest BCUT2D eigenvalue weighted by Gasteiger charge is 2.17. The summed E-state index contributed by atoms with van der Waals surface area (Å²) in [6.45, 7) is 6.05. The quantitative estimate of drug-likeness (QED) is 0.851. The minimum absolute atomic E-state index is 0.213. The molecule has 1 amide bonds. The summed E-state index contributed by atoms with van der Waals surface area (Å²) < 4.78 is 11.8. The van der Waals surface area contributed by atoms with Crippen LogP contribution in [0.25, 0.3) is 11.0 Å². The first-order valence-corrected chi connectivity index (χ1v) is 7.78. The summed E-state index contributed by atoms with van der Waals surface area (Å²) in [7, 11) is 1.36. The molecule has 130 valence electrons. The number of alkyl carbamates (subject to hydrolysis) is 1. The second kappa shape index (κ2) is 7.33. The molecule has 0 bridgehead atoms. The van der Waals surface area contributed by atoms with Crippen molar-refractivity contribution < 1.29 is 19.1 Å². The molecule has 1 aromatic heterocycles. The standard InChI is InChI=1S/C17H23N3O4/c1-17(2,3)24-16(22)18-11-14-19-12-7-5-6-8-13(12)20(14)10-9-15(21)23-4/h5-8H,9-11H2,1-4H3,(H,18,22). The first-order chi connectivity index (χ1) is 11.3. The fraction of sp³-hybridized carbons (Fsp3) is 0.471. The SMILES string of the molecule is COC(=O)CCn1c(CNC(=O)OC(C)(C)C)nc2ccccc21. The predicted octanol–water partition coefficient (Wildman–Crippen LogP) is 2.62. The lowest BCUT2D eigenvalue weighted by Gasteiger charge is -2.19. The molecule has 0 spiro atoms. The maximum absolute atomic E-state index is 11.8. The van der Waals surface area contributed by atoms with Crippen LogP contribution in [0.4, 0.5) is 4.79 Å². The van der Waals surface area contributed by atoms with Crippen LogP contribution in [0.15, 0.2) is 24.3 Å². The number of hydrogen-bond donors (Lipinski definition) is 1. The van der Waals surface area contributed by atoms with Crippen LogP contribution in [-0.4, -0.2) is 34.3 Å². The number of methoxy groups -OCH3 is 1. The summed E-state index contributed by atoms with van der Waals surface area (Å²) in [4.78, 5) is 27.8. The van der Waals surface area contributed by atoms with E-state index in [0.29, 0.717) is 12.4 Å². The highest BCUT2D eigenvalue weighted by atomic mass is 16.6. The van der Waals surface area contributed by atoms with E-state index in [1.165, 1.54) is 7.11 Å². The van der Waals surface area contributed by atoms with E-state index >= 15 is 0 Å². The van der Waals surface area contributed by atoms with Crippen LogP contribution in [-0.2, 0) is 27.4 Å². The number of imidazole rings is 1. The van der Waals surface area contributed by atoms with E-state index in [2.05, 4.69) is 10.3 Å². The van der Waals surface area contributed by atoms with Crippen LogP contribution in [0, 0.1) is 0 Å². The minimum Gasteiger partial charge on any atom is -0.469 e. The number of esters is 1. The van der Waals surface area contributed by atoms with Gasteiger partial charge in [-0.3, -0.25) is 4.79 Å². The van der Waals surface area contributed by atoms with Crippen LogP contribution in [0.3, 0.4) is 0 Å². The number of benzene rings is 1. The van der Waals surface area contributed by atoms with E-state index in [-0.39, 0.29) is 18.9 Å². The Hall–Kier alpha value is -2.57. The zero-order chi connectivity index (χ0) is 17.7. The van der Waals surface area contributed by atoms with Gasteiger partial charge in [0.25, 0.3) is 0 Å². The van der Waals surface area contributed by atoms with Gasteiger partial charge in [-0.1, -0.05) is 12.1 Å². The minimum atomic E-state index is -0.560. The molecule has 1 aromatic carbocycles. The molecular weight excluding hydrogens is 310 g/mol. The number of para-hydroxylation sites is 2. The molecular formula is C17H23N3O4. The van der Waals surface area contributed by atoms with Crippen molar-refractivity contribution >= 4 is 23.1 Å². The van der Waals surface area contributed by atoms with E-state index < -0.39 is 11.7 Å². The predicted molar refractivity (Wildman–Crippen MR) is 89.4 cm³/mol. The van der Waals surface area contributed by atoms with Crippen LogP contribution in [0.1, 0.15) is 33.0 Å². The third-order valence-electron chi connectivity index (χ3n) is 3.29. The number of fused-ring (bicyclic) bond motifs is 1. The van der Waals surface area contributed by atoms with E-state index in [1.807, 2.05) is 28.8 Å². The molecule has 7 nitrogen and oxygen atoms in total. The second-order valence-electron chi connectivity index (χ2n) is 6.35. The van der Waals surface area contributed by atoms with Gasteiger partial charge in [-0.05, 0) is 32.9 Å². The Morgan fingerprint density at radius 1 is 1.25 bits per heavy atom. The molecule has 2 rings (SSSR count). The summed E-state index contributed by atoms with van der Waals surface area (Å²) in [5.74, 6) is 0.366. The maximum Gasteiger partial charge on any atom is 0.408 e. The molecule has 1 N–H and O–H groups in total. The van der Waals surface area contributed by atoms with Crippen LogP contribution < -0.4 is 5.32 Å². The van der Waals surface area contributed by atoms with E-state index in [9.17, 15) is 9.59 Å². The summed E-state index contributed by atoms with van der Waals surface area (Å²) in [5, 5.41) is 2.70. The number of hydrogen-bond acceptors (Lipinski definition) is 5. The third-order valence-corrected chi connectivity index (χ3v) is 3.29. The molecule has 1 heterocycles. The normalized spacial score (nSPS) is 11.3. The summed E-state index contributed by atoms with van der Waals surface area (Å²) >= 11 is 0. The molecule has 0 saturated heterocycles. The highest BCUT2D eigenvalue weighted by molar-refractivity contribution is 5.76. The van der Waals surface area contributed by atoms with Crippen LogP contribution >= 0.6 is 0 Å². The lowest BCUT2D eigenvalue weighted by Crippen LogP contribution is -2.32. The lowest BCUT2D eigenvalue weighted by atomic mass is 10.2. The Labute approximate surface area is 141 Å². The number of amides is 1. The molecule has 0 radical (unpaired) electrons. The topological polar surface area (TPSA) is 82.5 Å². The second-order valence-corrected chi connectivity index (χ2v) is 6.35. The number of ether oxygens (including phenoxy) is 2. The van der Waals surface area contributed by atoms with Crippen molar-refractivity contribution in [2.24, 2.45) is 0 Å². The monoisotopic (exact) mass is 333 g/mol. The van der Waals surface area contributed by atoms with Crippen molar-refractivity contribution in [2.45, 2.75) is 45.9 Å². The molecule has 2 aromatic rings. The Bertz CT molecular complexity index is 731. The number of nitrogens with one attached hydrogen (secondary N) is 1. The fourth-order valence-electron chi connectivity index (χ4n) is 2.28. The maximum atomic E-state index is 11.8. The average molecular weight is 333 g/mol. The largest absolute Gasteiger partial charge is 0.469 e. The molecule has 0 aliphatic rings. The van der Waals surface area contributed by atoms with E-state index in [4.69, 9.17) is 9.47 Å². The Kier molecular flexibility index (Phi) is 5.43. The number of carbonyl (C=O) groups is 2. The fourth-order valence-corrected chi connectivity index (χ4v) is 2.28. The number of carbonyl (C=O) groups excluding carboxylic acids is 2. The average Bonchev–Trinajstić information content (AvgIpc) is 2.86. The van der Waals surface area contributed by atoms with Gasteiger partial charge in [0.05, 0.1) is 31.1 Å². The number of nitrogens with zero attached hydrogens (tertiary/aromatic N) is 2. The molecule has 0 aliphatic heterocycles. The molecule has 0 fully saturated rings. The first kappa shape index (κ1) is 17.8. The van der Waals surface area contributed by atoms with Crippen molar-refractivity contribution in [2.75, 3.05) is 7.11 Å². The van der Waals surface area contributed by atoms with Gasteiger partial charge in [0.1, 0.15) is 11.4 Å². The smallest absolute Gasteiger partial charge is 0.408 e. The van der Waals surface area contributed by atoms with Gasteiger partial charge in [0.15, 0.2) is 0 Å². The van der Waals surface area contributed by atoms with Gasteiger partial charge in [-0.25, -0.2) is 9.78 Å². The van der Waals surface area contributed by atoms with E-state index in [1.54, 1.807) is 20.8 Å². The lowest BCUT2D eigenvalue weighted by molar-refractivity contribution is -0.140. The van der Waals surface area contributed by atoms with Crippen LogP contribution in [0.5, 0.6) is 0 Å². The third kappa shape index (κ3) is 4.71. The molecule has 7 heteroatoms. The first-order valence-electron chi connectivity index (χ1n) is 7.78. The zero-order valence-corrected chi connectivity index (χ0v) is 14.5. The summed E-state index contributed by atoms with van der Waals surface area (Å²) in [5.41, 5.74) is 1.15. The number of aromatic nitrogens is 2. The number of rotatable bonds is 5. The summed E-state index contributed by atoms with van der Waals surface area (Å²) in [6, 6.07) is 7.62. The molecule has 0 aliphatic carbocycles. The van der Waals surface area contributed by atoms with Crippen molar-refractivity contribution in [1.29, 1.82) is 0 Å². The molecule has 0 saturated carbocycles. The Balaban J connectivity index is 2.16. The van der Waals surface area contributed by atoms with Crippen molar-refractivity contribution in [3.05, 3.63) is 30.1 Å². The molecule has 24 heavy (non-hydrogen) atoms. The van der Waals surface area contributed by atoms with Crippen molar-refractivity contribution in [3.8, 4) is 0 Å². The van der Waals surface area contributed by atoms with Crippen LogP contribution in [0.2, 0.25) is 0 Å². The summed E-state index contributed by atoms with van der Waals surface area (Å²) in [6.07, 6.45) is -0.273. The molecule has 0 atom stereocenters. The van der Waals surface area contributed by atoms with Gasteiger partial charge in [0.2, 0.25) is 0 Å². The number of aryl methyl sites for hydroxylation is 1. The highest BCUT2D eigenvalue weighted by Crippen LogP contribution is 2.17. The van der Waals surface area contributed by atoms with Gasteiger partial charge < -0.3 is 19.4 Å². The van der Waals surface area contributed by atoms with Gasteiger partial charge in [-0.15, -0.1) is 0 Å². The van der Waals surface area contributed by atoms with Crippen molar-refractivity contribution in [3.63, 3.8) is 0 Å². The van der Waals surface area contributed by atoms with Gasteiger partial charge in [-0.2, -0.15) is 0 Å². The van der Waals surface area contributed by atoms with Gasteiger partial charge in [0, 0.05) is 6.54 Å². The van der Waals surface area contributed by atoms with E-state index in [0.717, 1.165) is 11.0 Å². The Morgan fingerprint density at radius 2 is 1.96 bits per heavy atom. The Morgan fingerprint density at radius 3 is 2.62 bits per heavy atom. The zero-order valence-electron chi connectivity index (χ0n) is 14.5. The van der Waals surface area contributed by atoms with Gasteiger partial charge >= 0.3 is 12.1 Å². The van der Waals surface area contributed by atoms with Crippen molar-refractivity contribution in [1.82, 2.24) is 14.9 Å². The molecule has 0 unspecified atom stereocenters.